The van der Waals surface area contributed by atoms with Crippen molar-refractivity contribution in [2.24, 2.45) is 11.1 Å². The standard InChI is InChI=1S/C24H30N6O3/c1-13(2)30-22(25)20(23(26)32)21(28-30)15-7-5-14(6-8-15)11-18(31)27-19-12-17(29-33-19)16-9-10-24(16,3)4/h5-8,12-13,16H,9-11,25H2,1-4H3,(H2,26,32)(H,27,31). The van der Waals surface area contributed by atoms with Gasteiger partial charge in [-0.3, -0.25) is 14.9 Å². The first-order valence-corrected chi connectivity index (χ1v) is 11.1. The Hall–Kier alpha value is -3.62. The summed E-state index contributed by atoms with van der Waals surface area (Å²) in [5.74, 6) is 0.125. The molecule has 0 saturated heterocycles. The Balaban J connectivity index is 1.44. The van der Waals surface area contributed by atoms with Gasteiger partial charge in [0.1, 0.15) is 17.1 Å². The lowest BCUT2D eigenvalue weighted by Crippen LogP contribution is -2.32. The SMILES string of the molecule is CC(C)n1nc(-c2ccc(CC(=O)Nc3cc(C4CCC4(C)C)no3)cc2)c(C(N)=O)c1N. The zero-order valence-electron chi connectivity index (χ0n) is 19.4. The first kappa shape index (κ1) is 22.6. The largest absolute Gasteiger partial charge is 0.383 e. The van der Waals surface area contributed by atoms with Gasteiger partial charge in [0.25, 0.3) is 5.91 Å². The number of benzene rings is 1. The van der Waals surface area contributed by atoms with Gasteiger partial charge in [0.15, 0.2) is 0 Å². The van der Waals surface area contributed by atoms with Crippen LogP contribution in [0.1, 0.15) is 74.1 Å². The van der Waals surface area contributed by atoms with Gasteiger partial charge in [-0.25, -0.2) is 4.68 Å². The number of carbonyl (C=O) groups excluding carboxylic acids is 2. The highest BCUT2D eigenvalue weighted by Crippen LogP contribution is 2.52. The summed E-state index contributed by atoms with van der Waals surface area (Å²) in [6, 6.07) is 9.01. The highest BCUT2D eigenvalue weighted by molar-refractivity contribution is 6.03. The predicted molar refractivity (Wildman–Crippen MR) is 126 cm³/mol. The van der Waals surface area contributed by atoms with Crippen LogP contribution in [0.2, 0.25) is 0 Å². The molecule has 1 unspecified atom stereocenters. The maximum Gasteiger partial charge on any atom is 0.254 e. The number of rotatable bonds is 7. The number of primary amides is 1. The number of nitrogens with two attached hydrogens (primary N) is 2. The van der Waals surface area contributed by atoms with Gasteiger partial charge >= 0.3 is 0 Å². The number of hydrogen-bond acceptors (Lipinski definition) is 6. The van der Waals surface area contributed by atoms with Gasteiger partial charge in [-0.1, -0.05) is 43.3 Å². The summed E-state index contributed by atoms with van der Waals surface area (Å²) >= 11 is 0. The Kier molecular flexibility index (Phi) is 5.73. The monoisotopic (exact) mass is 450 g/mol. The van der Waals surface area contributed by atoms with Crippen molar-refractivity contribution in [3.63, 3.8) is 0 Å². The molecule has 2 aromatic heterocycles. The minimum Gasteiger partial charge on any atom is -0.383 e. The van der Waals surface area contributed by atoms with Gasteiger partial charge < -0.3 is 16.0 Å². The topological polar surface area (TPSA) is 142 Å². The molecule has 0 radical (unpaired) electrons. The summed E-state index contributed by atoms with van der Waals surface area (Å²) < 4.78 is 6.90. The summed E-state index contributed by atoms with van der Waals surface area (Å²) in [7, 11) is 0. The molecule has 1 saturated carbocycles. The number of aromatic nitrogens is 3. The zero-order valence-corrected chi connectivity index (χ0v) is 19.4. The van der Waals surface area contributed by atoms with E-state index in [0.717, 1.165) is 24.1 Å². The molecule has 1 aliphatic carbocycles. The molecule has 4 rings (SSSR count). The molecule has 9 heteroatoms. The van der Waals surface area contributed by atoms with E-state index >= 15 is 0 Å². The van der Waals surface area contributed by atoms with Crippen molar-refractivity contribution in [1.29, 1.82) is 0 Å². The van der Waals surface area contributed by atoms with Crippen LogP contribution < -0.4 is 16.8 Å². The Bertz CT molecular complexity index is 1190. The van der Waals surface area contributed by atoms with Crippen LogP contribution in [0.15, 0.2) is 34.9 Å². The van der Waals surface area contributed by atoms with Crippen molar-refractivity contribution in [1.82, 2.24) is 14.9 Å². The van der Waals surface area contributed by atoms with Crippen molar-refractivity contribution in [2.45, 2.75) is 58.9 Å². The Morgan fingerprint density at radius 2 is 1.97 bits per heavy atom. The van der Waals surface area contributed by atoms with Crippen LogP contribution in [0.5, 0.6) is 0 Å². The van der Waals surface area contributed by atoms with Crippen LogP contribution in [0.3, 0.4) is 0 Å². The third kappa shape index (κ3) is 4.35. The van der Waals surface area contributed by atoms with Crippen LogP contribution in [-0.2, 0) is 11.2 Å². The molecule has 174 valence electrons. The fourth-order valence-electron chi connectivity index (χ4n) is 4.36. The summed E-state index contributed by atoms with van der Waals surface area (Å²) in [4.78, 5) is 24.5. The molecule has 1 fully saturated rings. The van der Waals surface area contributed by atoms with E-state index in [1.807, 2.05) is 32.0 Å². The number of anilines is 2. The Labute approximate surface area is 192 Å². The molecule has 2 amide bonds. The van der Waals surface area contributed by atoms with E-state index in [1.54, 1.807) is 16.8 Å². The molecule has 3 aromatic rings. The van der Waals surface area contributed by atoms with Gasteiger partial charge in [0.05, 0.1) is 12.1 Å². The quantitative estimate of drug-likeness (QED) is 0.498. The van der Waals surface area contributed by atoms with Gasteiger partial charge in [0, 0.05) is 23.6 Å². The van der Waals surface area contributed by atoms with Crippen molar-refractivity contribution >= 4 is 23.5 Å². The average Bonchev–Trinajstić information content (AvgIpc) is 3.31. The molecule has 1 atom stereocenters. The fraction of sp³-hybridized carbons (Fsp3) is 0.417. The Morgan fingerprint density at radius 3 is 2.52 bits per heavy atom. The predicted octanol–water partition coefficient (Wildman–Crippen LogP) is 3.88. The first-order valence-electron chi connectivity index (χ1n) is 11.1. The van der Waals surface area contributed by atoms with E-state index in [1.165, 1.54) is 0 Å². The summed E-state index contributed by atoms with van der Waals surface area (Å²) in [5.41, 5.74) is 14.9. The van der Waals surface area contributed by atoms with Crippen molar-refractivity contribution in [3.8, 4) is 11.3 Å². The van der Waals surface area contributed by atoms with E-state index in [9.17, 15) is 9.59 Å². The molecule has 0 spiro atoms. The zero-order chi connectivity index (χ0) is 23.9. The number of nitrogen functional groups attached to an aromatic ring is 1. The van der Waals surface area contributed by atoms with Gasteiger partial charge in [0.2, 0.25) is 11.8 Å². The molecule has 33 heavy (non-hydrogen) atoms. The third-order valence-electron chi connectivity index (χ3n) is 6.44. The maximum absolute atomic E-state index is 12.5. The number of nitrogens with one attached hydrogen (secondary N) is 1. The van der Waals surface area contributed by atoms with E-state index in [4.69, 9.17) is 16.0 Å². The lowest BCUT2D eigenvalue weighted by Gasteiger charge is -2.43. The van der Waals surface area contributed by atoms with E-state index in [2.05, 4.69) is 29.4 Å². The van der Waals surface area contributed by atoms with Crippen molar-refractivity contribution < 1.29 is 14.1 Å². The lowest BCUT2D eigenvalue weighted by atomic mass is 9.61. The van der Waals surface area contributed by atoms with Crippen LogP contribution in [0.4, 0.5) is 11.7 Å². The Morgan fingerprint density at radius 1 is 1.27 bits per heavy atom. The fourth-order valence-corrected chi connectivity index (χ4v) is 4.36. The molecule has 0 aliphatic heterocycles. The summed E-state index contributed by atoms with van der Waals surface area (Å²) in [6.45, 7) is 8.27. The van der Waals surface area contributed by atoms with Gasteiger partial charge in [-0.15, -0.1) is 0 Å². The van der Waals surface area contributed by atoms with Crippen molar-refractivity contribution in [3.05, 3.63) is 47.2 Å². The molecule has 5 N–H and O–H groups in total. The number of nitrogens with zero attached hydrogens (tertiary/aromatic N) is 3. The van der Waals surface area contributed by atoms with Crippen LogP contribution in [0, 0.1) is 5.41 Å². The van der Waals surface area contributed by atoms with E-state index < -0.39 is 5.91 Å². The summed E-state index contributed by atoms with van der Waals surface area (Å²) in [6.07, 6.45) is 2.40. The molecule has 1 aliphatic rings. The van der Waals surface area contributed by atoms with Crippen LogP contribution in [-0.4, -0.2) is 26.8 Å². The molecule has 1 aromatic carbocycles. The number of carbonyl (C=O) groups is 2. The molecular weight excluding hydrogens is 420 g/mol. The van der Waals surface area contributed by atoms with Crippen LogP contribution in [0.25, 0.3) is 11.3 Å². The number of hydrogen-bond donors (Lipinski definition) is 3. The van der Waals surface area contributed by atoms with Gasteiger partial charge in [-0.05, 0) is 37.7 Å². The highest BCUT2D eigenvalue weighted by Gasteiger charge is 2.41. The normalized spacial score (nSPS) is 17.1. The maximum atomic E-state index is 12.5. The minimum atomic E-state index is -0.630. The average molecular weight is 451 g/mol. The van der Waals surface area contributed by atoms with Gasteiger partial charge in [-0.2, -0.15) is 5.10 Å². The molecule has 9 nitrogen and oxygen atoms in total. The number of amides is 2. The second kappa shape index (κ2) is 8.38. The smallest absolute Gasteiger partial charge is 0.254 e. The third-order valence-corrected chi connectivity index (χ3v) is 6.44. The van der Waals surface area contributed by atoms with Crippen molar-refractivity contribution in [2.75, 3.05) is 11.1 Å². The minimum absolute atomic E-state index is 0.0215. The van der Waals surface area contributed by atoms with E-state index in [0.29, 0.717) is 23.1 Å². The first-order chi connectivity index (χ1) is 15.6. The summed E-state index contributed by atoms with van der Waals surface area (Å²) in [5, 5.41) is 11.4. The molecule has 2 heterocycles. The van der Waals surface area contributed by atoms with E-state index in [-0.39, 0.29) is 35.2 Å². The lowest BCUT2D eigenvalue weighted by molar-refractivity contribution is -0.115. The second-order valence-electron chi connectivity index (χ2n) is 9.63. The molecular formula is C24H30N6O3. The highest BCUT2D eigenvalue weighted by atomic mass is 16.5. The van der Waals surface area contributed by atoms with Crippen LogP contribution >= 0.6 is 0 Å². The second-order valence-corrected chi connectivity index (χ2v) is 9.63. The molecule has 0 bridgehead atoms.